The molecule has 0 saturated heterocycles. The number of hydrogen-bond donors (Lipinski definition) is 2. The lowest BCUT2D eigenvalue weighted by Crippen LogP contribution is -2.16. The first kappa shape index (κ1) is 24.3. The van der Waals surface area contributed by atoms with Crippen LogP contribution in [0.4, 0.5) is 43.9 Å². The van der Waals surface area contributed by atoms with Gasteiger partial charge in [-0.25, -0.2) is 0 Å². The van der Waals surface area contributed by atoms with Gasteiger partial charge in [0.15, 0.2) is 0 Å². The van der Waals surface area contributed by atoms with Crippen LogP contribution in [0.15, 0.2) is 48.5 Å². The minimum atomic E-state index is -4.88. The first-order valence-corrected chi connectivity index (χ1v) is 9.83. The molecule has 0 aliphatic heterocycles. The van der Waals surface area contributed by atoms with E-state index in [9.17, 15) is 26.3 Å². The molecule has 0 bridgehead atoms. The summed E-state index contributed by atoms with van der Waals surface area (Å²) in [5.74, 6) is -2.38. The van der Waals surface area contributed by atoms with Crippen LogP contribution < -0.4 is 10.6 Å². The van der Waals surface area contributed by atoms with Gasteiger partial charge in [0, 0.05) is 12.2 Å². The van der Waals surface area contributed by atoms with Gasteiger partial charge in [-0.1, -0.05) is 51.1 Å². The van der Waals surface area contributed by atoms with E-state index in [4.69, 9.17) is 0 Å². The number of alkyl halides is 6. The Balaban J connectivity index is 1.83. The number of halogens is 6. The topological polar surface area (TPSA) is 62.7 Å². The minimum absolute atomic E-state index is 0.0498. The zero-order valence-corrected chi connectivity index (χ0v) is 17.9. The van der Waals surface area contributed by atoms with Gasteiger partial charge in [0.05, 0.1) is 5.56 Å². The fraction of sp³-hybridized carbons (Fsp3) is 0.318. The van der Waals surface area contributed by atoms with Gasteiger partial charge in [0.1, 0.15) is 0 Å². The van der Waals surface area contributed by atoms with Crippen LogP contribution in [0.2, 0.25) is 0 Å². The van der Waals surface area contributed by atoms with Crippen molar-refractivity contribution in [2.75, 3.05) is 10.6 Å². The fourth-order valence-corrected chi connectivity index (χ4v) is 2.84. The molecular formula is C22H21F6N5. The van der Waals surface area contributed by atoms with Crippen molar-refractivity contribution >= 4 is 17.6 Å². The number of hydrogen-bond acceptors (Lipinski definition) is 5. The zero-order chi connectivity index (χ0) is 24.4. The van der Waals surface area contributed by atoms with Crippen LogP contribution in [0.25, 0.3) is 0 Å². The van der Waals surface area contributed by atoms with Gasteiger partial charge in [-0.15, -0.1) is 0 Å². The number of anilines is 3. The molecule has 0 amide bonds. The summed E-state index contributed by atoms with van der Waals surface area (Å²) in [5.41, 5.74) is 0.747. The maximum absolute atomic E-state index is 13.3. The second-order valence-electron chi connectivity index (χ2n) is 8.31. The largest absolute Gasteiger partial charge is 0.451 e. The normalized spacial score (nSPS) is 12.5. The average molecular weight is 469 g/mol. The van der Waals surface area contributed by atoms with Gasteiger partial charge in [-0.05, 0) is 34.7 Å². The number of aromatic nitrogens is 3. The molecule has 5 nitrogen and oxygen atoms in total. The van der Waals surface area contributed by atoms with Crippen molar-refractivity contribution in [3.05, 3.63) is 71.0 Å². The Morgan fingerprint density at radius 1 is 0.727 bits per heavy atom. The maximum atomic E-state index is 13.3. The van der Waals surface area contributed by atoms with E-state index < -0.39 is 29.7 Å². The molecular weight excluding hydrogens is 448 g/mol. The highest BCUT2D eigenvalue weighted by Gasteiger charge is 2.36. The minimum Gasteiger partial charge on any atom is -0.350 e. The van der Waals surface area contributed by atoms with Gasteiger partial charge in [0.2, 0.25) is 17.7 Å². The molecule has 2 aromatic carbocycles. The molecule has 0 radical (unpaired) electrons. The van der Waals surface area contributed by atoms with E-state index in [-0.39, 0.29) is 23.6 Å². The standard InChI is InChI=1S/C22H21F6N5/c1-20(2,3)14-9-7-13(8-10-14)12-29-18-31-17(22(26,27)28)32-19(33-18)30-16-6-4-5-15(11-16)21(23,24)25/h4-11H,12H2,1-3H3,(H2,29,30,31,32,33). The highest BCUT2D eigenvalue weighted by molar-refractivity contribution is 5.55. The molecule has 3 rings (SSSR count). The van der Waals surface area contributed by atoms with Crippen molar-refractivity contribution in [2.45, 2.75) is 45.1 Å². The van der Waals surface area contributed by atoms with Gasteiger partial charge < -0.3 is 10.6 Å². The van der Waals surface area contributed by atoms with Crippen LogP contribution in [0.3, 0.4) is 0 Å². The van der Waals surface area contributed by atoms with Crippen molar-refractivity contribution in [3.8, 4) is 0 Å². The molecule has 1 heterocycles. The summed E-state index contributed by atoms with van der Waals surface area (Å²) in [4.78, 5) is 10.6. The van der Waals surface area contributed by atoms with Crippen LogP contribution in [-0.2, 0) is 24.3 Å². The molecule has 0 atom stereocenters. The third kappa shape index (κ3) is 6.56. The molecule has 176 valence electrons. The Hall–Kier alpha value is -3.37. The molecule has 3 aromatic rings. The van der Waals surface area contributed by atoms with Crippen LogP contribution in [0.1, 0.15) is 43.3 Å². The smallest absolute Gasteiger partial charge is 0.350 e. The number of benzene rings is 2. The van der Waals surface area contributed by atoms with Gasteiger partial charge in [-0.2, -0.15) is 41.3 Å². The van der Waals surface area contributed by atoms with E-state index in [1.54, 1.807) is 0 Å². The summed E-state index contributed by atoms with van der Waals surface area (Å²) < 4.78 is 78.6. The van der Waals surface area contributed by atoms with E-state index >= 15 is 0 Å². The number of rotatable bonds is 5. The van der Waals surface area contributed by atoms with Crippen molar-refractivity contribution in [3.63, 3.8) is 0 Å². The third-order valence-corrected chi connectivity index (χ3v) is 4.61. The summed E-state index contributed by atoms with van der Waals surface area (Å²) >= 11 is 0. The van der Waals surface area contributed by atoms with Crippen LogP contribution in [0, 0.1) is 0 Å². The van der Waals surface area contributed by atoms with Gasteiger partial charge >= 0.3 is 12.4 Å². The van der Waals surface area contributed by atoms with E-state index in [0.717, 1.165) is 29.3 Å². The van der Waals surface area contributed by atoms with Gasteiger partial charge in [0.25, 0.3) is 0 Å². The van der Waals surface area contributed by atoms with E-state index in [0.29, 0.717) is 0 Å². The summed E-state index contributed by atoms with van der Waals surface area (Å²) in [6.07, 6.45) is -9.48. The first-order chi connectivity index (χ1) is 15.2. The molecule has 2 N–H and O–H groups in total. The molecule has 0 aliphatic rings. The molecule has 0 unspecified atom stereocenters. The molecule has 11 heteroatoms. The van der Waals surface area contributed by atoms with Gasteiger partial charge in [-0.3, -0.25) is 0 Å². The Bertz CT molecular complexity index is 1100. The SMILES string of the molecule is CC(C)(C)c1ccc(CNc2nc(Nc3cccc(C(F)(F)F)c3)nc(C(F)(F)F)n2)cc1. The number of nitrogens with one attached hydrogen (secondary N) is 2. The number of nitrogens with zero attached hydrogens (tertiary/aromatic N) is 3. The Morgan fingerprint density at radius 3 is 1.94 bits per heavy atom. The fourth-order valence-electron chi connectivity index (χ4n) is 2.84. The predicted octanol–water partition coefficient (Wildman–Crippen LogP) is 6.56. The van der Waals surface area contributed by atoms with Crippen LogP contribution in [-0.4, -0.2) is 15.0 Å². The lowest BCUT2D eigenvalue weighted by atomic mass is 9.87. The average Bonchev–Trinajstić information content (AvgIpc) is 2.71. The maximum Gasteiger partial charge on any atom is 0.451 e. The Morgan fingerprint density at radius 2 is 1.36 bits per heavy atom. The molecule has 1 aromatic heterocycles. The predicted molar refractivity (Wildman–Crippen MR) is 112 cm³/mol. The second-order valence-corrected chi connectivity index (χ2v) is 8.31. The summed E-state index contributed by atoms with van der Waals surface area (Å²) in [6, 6.07) is 11.5. The highest BCUT2D eigenvalue weighted by atomic mass is 19.4. The monoisotopic (exact) mass is 469 g/mol. The lowest BCUT2D eigenvalue weighted by Gasteiger charge is -2.19. The molecule has 0 spiro atoms. The Kier molecular flexibility index (Phi) is 6.53. The van der Waals surface area contributed by atoms with Crippen LogP contribution >= 0.6 is 0 Å². The van der Waals surface area contributed by atoms with E-state index in [1.165, 1.54) is 6.07 Å². The summed E-state index contributed by atoms with van der Waals surface area (Å²) in [6.45, 7) is 6.31. The van der Waals surface area contributed by atoms with Crippen molar-refractivity contribution < 1.29 is 26.3 Å². The second kappa shape index (κ2) is 8.87. The highest BCUT2D eigenvalue weighted by Crippen LogP contribution is 2.32. The van der Waals surface area contributed by atoms with Crippen molar-refractivity contribution in [1.82, 2.24) is 15.0 Å². The Labute approximate surface area is 186 Å². The quantitative estimate of drug-likeness (QED) is 0.414. The molecule has 0 saturated carbocycles. The van der Waals surface area contributed by atoms with Crippen LogP contribution in [0.5, 0.6) is 0 Å². The lowest BCUT2D eigenvalue weighted by molar-refractivity contribution is -0.144. The summed E-state index contributed by atoms with van der Waals surface area (Å²) in [7, 11) is 0. The zero-order valence-electron chi connectivity index (χ0n) is 17.9. The molecule has 0 fully saturated rings. The summed E-state index contributed by atoms with van der Waals surface area (Å²) in [5, 5.41) is 5.10. The molecule has 0 aliphatic carbocycles. The van der Waals surface area contributed by atoms with E-state index in [1.807, 2.05) is 24.3 Å². The van der Waals surface area contributed by atoms with Crippen molar-refractivity contribution in [1.29, 1.82) is 0 Å². The van der Waals surface area contributed by atoms with Crippen molar-refractivity contribution in [2.24, 2.45) is 0 Å². The van der Waals surface area contributed by atoms with E-state index in [2.05, 4.69) is 46.4 Å². The molecule has 33 heavy (non-hydrogen) atoms. The third-order valence-electron chi connectivity index (χ3n) is 4.61. The first-order valence-electron chi connectivity index (χ1n) is 9.83.